The van der Waals surface area contributed by atoms with Gasteiger partial charge in [0.25, 0.3) is 0 Å². The minimum atomic E-state index is 0. The van der Waals surface area contributed by atoms with Gasteiger partial charge in [0.05, 0.1) is 0 Å². The average Bonchev–Trinajstić information content (AvgIpc) is 1.00. The minimum Gasteiger partial charge on any atom is 0 e. The van der Waals surface area contributed by atoms with Crippen LogP contribution < -0.4 is 0 Å². The molecule has 0 aromatic rings. The molecule has 4 heavy (non-hydrogen) atoms. The standard InChI is InChI=1S/H2OSi.Sn.Zn.4H/c1-2;;;;;;/h2H2;;;;;;. The SMILES string of the molecule is O=[SiH2].[SnH4].[Zn]. The number of rotatable bonds is 0. The van der Waals surface area contributed by atoms with Crippen LogP contribution in [0.5, 0.6) is 0 Å². The number of hydrogen-bond acceptors (Lipinski definition) is 1. The Hall–Kier alpha value is 1.44. The smallest absolute Gasteiger partial charge is 0 e. The molecule has 1 nitrogen and oxygen atoms in total. The molecule has 0 aliphatic heterocycles. The van der Waals surface area contributed by atoms with Crippen LogP contribution in [0.2, 0.25) is 0 Å². The summed E-state index contributed by atoms with van der Waals surface area (Å²) in [6.07, 6.45) is 0. The summed E-state index contributed by atoms with van der Waals surface area (Å²) in [4.78, 5) is 0. The molecular weight excluding hydrogens is 228 g/mol. The molecule has 0 aliphatic rings. The van der Waals surface area contributed by atoms with E-state index < -0.39 is 0 Å². The van der Waals surface area contributed by atoms with E-state index in [4.69, 9.17) is 4.46 Å². The van der Waals surface area contributed by atoms with Crippen molar-refractivity contribution in [2.75, 3.05) is 0 Å². The van der Waals surface area contributed by atoms with Crippen molar-refractivity contribution in [2.45, 2.75) is 0 Å². The van der Waals surface area contributed by atoms with Gasteiger partial charge in [0.2, 0.25) is 10.1 Å². The van der Waals surface area contributed by atoms with Crippen LogP contribution in [-0.4, -0.2) is 34.0 Å². The van der Waals surface area contributed by atoms with E-state index in [1.807, 2.05) is 0 Å². The zero-order chi connectivity index (χ0) is 2.00. The van der Waals surface area contributed by atoms with Gasteiger partial charge < -0.3 is 4.46 Å². The van der Waals surface area contributed by atoms with Gasteiger partial charge in [-0.2, -0.15) is 0 Å². The molecule has 0 spiro atoms. The Kier molecular flexibility index (Phi) is 114. The molecular formula is H6OSiSnZn. The molecule has 0 heterocycles. The van der Waals surface area contributed by atoms with Crippen molar-refractivity contribution in [3.63, 3.8) is 0 Å². The Morgan fingerprint density at radius 3 is 1.25 bits per heavy atom. The molecule has 0 radical (unpaired) electrons. The van der Waals surface area contributed by atoms with E-state index in [0.29, 0.717) is 10.1 Å². The van der Waals surface area contributed by atoms with Crippen LogP contribution in [0.1, 0.15) is 0 Å². The van der Waals surface area contributed by atoms with E-state index in [-0.39, 0.29) is 43.4 Å². The Morgan fingerprint density at radius 1 is 1.25 bits per heavy atom. The van der Waals surface area contributed by atoms with Gasteiger partial charge in [-0.05, 0) is 0 Å². The van der Waals surface area contributed by atoms with E-state index in [2.05, 4.69) is 0 Å². The maximum absolute atomic E-state index is 8.28. The van der Waals surface area contributed by atoms with Crippen LogP contribution in [0.4, 0.5) is 0 Å². The summed E-state index contributed by atoms with van der Waals surface area (Å²) in [5.41, 5.74) is 0. The molecule has 0 aliphatic carbocycles. The van der Waals surface area contributed by atoms with Crippen LogP contribution in [0.3, 0.4) is 0 Å². The molecule has 0 amide bonds. The summed E-state index contributed by atoms with van der Waals surface area (Å²) in [6.45, 7) is 0. The molecule has 0 aromatic carbocycles. The first-order chi connectivity index (χ1) is 1.00. The van der Waals surface area contributed by atoms with Crippen LogP contribution in [-0.2, 0) is 23.9 Å². The fourth-order valence-electron chi connectivity index (χ4n) is 0. The van der Waals surface area contributed by atoms with Crippen molar-refractivity contribution in [1.82, 2.24) is 0 Å². The first-order valence-corrected chi connectivity index (χ1v) is 0.866. The topological polar surface area (TPSA) is 17.1 Å². The molecule has 0 atom stereocenters. The summed E-state index contributed by atoms with van der Waals surface area (Å²) >= 11 is 0. The largest absolute Gasteiger partial charge is 0 e. The fourth-order valence-corrected chi connectivity index (χ4v) is 0. The number of hydrogen-bond donors (Lipinski definition) is 0. The first kappa shape index (κ1) is 18.0. The molecule has 0 rings (SSSR count). The van der Waals surface area contributed by atoms with Crippen molar-refractivity contribution < 1.29 is 23.9 Å². The van der Waals surface area contributed by atoms with Gasteiger partial charge in [-0.3, -0.25) is 0 Å². The van der Waals surface area contributed by atoms with E-state index in [9.17, 15) is 0 Å². The van der Waals surface area contributed by atoms with Crippen LogP contribution >= 0.6 is 0 Å². The summed E-state index contributed by atoms with van der Waals surface area (Å²) < 4.78 is 8.28. The molecule has 0 saturated carbocycles. The third-order valence-electron chi connectivity index (χ3n) is 0. The van der Waals surface area contributed by atoms with Crippen LogP contribution in [0.25, 0.3) is 0 Å². The van der Waals surface area contributed by atoms with Gasteiger partial charge in [-0.25, -0.2) is 0 Å². The Balaban J connectivity index is -0.00000000500. The quantitative estimate of drug-likeness (QED) is 0.424. The monoisotopic (exact) mass is 234 g/mol. The summed E-state index contributed by atoms with van der Waals surface area (Å²) in [5.74, 6) is 0. The van der Waals surface area contributed by atoms with Gasteiger partial charge in [-0.15, -0.1) is 0 Å². The van der Waals surface area contributed by atoms with E-state index in [1.54, 1.807) is 0 Å². The summed E-state index contributed by atoms with van der Waals surface area (Å²) in [6, 6.07) is 0. The molecule has 0 N–H and O–H groups in total. The van der Waals surface area contributed by atoms with E-state index >= 15 is 0 Å². The van der Waals surface area contributed by atoms with Gasteiger partial charge >= 0.3 is 23.9 Å². The van der Waals surface area contributed by atoms with Crippen molar-refractivity contribution >= 4 is 34.0 Å². The Labute approximate surface area is 57.7 Å². The summed E-state index contributed by atoms with van der Waals surface area (Å²) in [7, 11) is 0.611. The van der Waals surface area contributed by atoms with Gasteiger partial charge in [0, 0.05) is 19.5 Å². The van der Waals surface area contributed by atoms with Crippen molar-refractivity contribution in [2.24, 2.45) is 0 Å². The third kappa shape index (κ3) is 9.88. The Bertz CT molecular complexity index is 8.00. The van der Waals surface area contributed by atoms with Crippen molar-refractivity contribution in [3.8, 4) is 0 Å². The van der Waals surface area contributed by atoms with Crippen molar-refractivity contribution in [1.29, 1.82) is 0 Å². The molecule has 4 heteroatoms. The summed E-state index contributed by atoms with van der Waals surface area (Å²) in [5, 5.41) is 0. The maximum atomic E-state index is 8.28. The van der Waals surface area contributed by atoms with Crippen LogP contribution in [0, 0.1) is 0 Å². The first-order valence-electron chi connectivity index (χ1n) is 0.289. The Morgan fingerprint density at radius 2 is 1.25 bits per heavy atom. The molecule has 22 valence electrons. The normalized spacial score (nSPS) is 1.00. The molecule has 0 aromatic heterocycles. The molecule has 0 bridgehead atoms. The van der Waals surface area contributed by atoms with Gasteiger partial charge in [0.15, 0.2) is 0 Å². The fraction of sp³-hybridized carbons (Fsp3) is 0. The second-order valence-electron chi connectivity index (χ2n) is 0. The van der Waals surface area contributed by atoms with Gasteiger partial charge in [0.1, 0.15) is 0 Å². The minimum absolute atomic E-state index is 0. The van der Waals surface area contributed by atoms with E-state index in [0.717, 1.165) is 0 Å². The molecule has 0 fully saturated rings. The second kappa shape index (κ2) is 25.4. The third-order valence-corrected chi connectivity index (χ3v) is 0. The second-order valence-corrected chi connectivity index (χ2v) is 0. The maximum Gasteiger partial charge on any atom is 0 e. The predicted molar refractivity (Wildman–Crippen MR) is 20.6 cm³/mol. The molecule has 0 saturated heterocycles. The van der Waals surface area contributed by atoms with E-state index in [1.165, 1.54) is 0 Å². The van der Waals surface area contributed by atoms with Crippen molar-refractivity contribution in [3.05, 3.63) is 0 Å². The van der Waals surface area contributed by atoms with Gasteiger partial charge in [-0.1, -0.05) is 0 Å². The molecule has 0 unspecified atom stereocenters. The zero-order valence-corrected chi connectivity index (χ0v) is 6.20. The average molecular weight is 234 g/mol. The zero-order valence-electron chi connectivity index (χ0n) is 1.82. The van der Waals surface area contributed by atoms with Crippen LogP contribution in [0.15, 0.2) is 0 Å². The predicted octanol–water partition coefficient (Wildman–Crippen LogP) is -2.49.